The van der Waals surface area contributed by atoms with Gasteiger partial charge in [-0.2, -0.15) is 5.26 Å². The zero-order valence-electron chi connectivity index (χ0n) is 11.4. The minimum atomic E-state index is 0.0524. The number of rotatable bonds is 4. The minimum Gasteiger partial charge on any atom is -0.312 e. The predicted molar refractivity (Wildman–Crippen MR) is 74.3 cm³/mol. The molecular formula is C16H22N2. The number of fused-ring (bicyclic) bond motifs is 1. The molecule has 18 heavy (non-hydrogen) atoms. The summed E-state index contributed by atoms with van der Waals surface area (Å²) < 4.78 is 0. The summed E-state index contributed by atoms with van der Waals surface area (Å²) in [6.07, 6.45) is 5.92. The number of hydrogen-bond acceptors (Lipinski definition) is 2. The molecule has 2 unspecified atom stereocenters. The first-order valence-corrected chi connectivity index (χ1v) is 6.98. The second kappa shape index (κ2) is 6.02. The molecule has 0 saturated heterocycles. The molecule has 0 radical (unpaired) electrons. The van der Waals surface area contributed by atoms with Gasteiger partial charge in [-0.05, 0) is 55.8 Å². The van der Waals surface area contributed by atoms with Crippen LogP contribution in [0.5, 0.6) is 0 Å². The van der Waals surface area contributed by atoms with Gasteiger partial charge in [0, 0.05) is 6.04 Å². The molecule has 2 heteroatoms. The Bertz CT molecular complexity index is 445. The van der Waals surface area contributed by atoms with Crippen LogP contribution < -0.4 is 5.32 Å². The summed E-state index contributed by atoms with van der Waals surface area (Å²) in [4.78, 5) is 0. The molecule has 2 nitrogen and oxygen atoms in total. The van der Waals surface area contributed by atoms with Gasteiger partial charge in [0.05, 0.1) is 12.0 Å². The molecule has 0 heterocycles. The van der Waals surface area contributed by atoms with Gasteiger partial charge >= 0.3 is 0 Å². The van der Waals surface area contributed by atoms with E-state index in [1.165, 1.54) is 42.4 Å². The van der Waals surface area contributed by atoms with E-state index < -0.39 is 0 Å². The second-order valence-corrected chi connectivity index (χ2v) is 5.15. The van der Waals surface area contributed by atoms with Crippen LogP contribution in [0.25, 0.3) is 0 Å². The number of nitrogens with zero attached hydrogens (tertiary/aromatic N) is 1. The Balaban J connectivity index is 2.29. The first kappa shape index (κ1) is 13.1. The molecule has 96 valence electrons. The summed E-state index contributed by atoms with van der Waals surface area (Å²) in [5.74, 6) is 0.0524. The van der Waals surface area contributed by atoms with E-state index in [1.807, 2.05) is 7.05 Å². The van der Waals surface area contributed by atoms with Gasteiger partial charge in [0.2, 0.25) is 0 Å². The van der Waals surface area contributed by atoms with Gasteiger partial charge in [0.15, 0.2) is 0 Å². The maximum atomic E-state index is 9.24. The average Bonchev–Trinajstić information content (AvgIpc) is 2.44. The van der Waals surface area contributed by atoms with Crippen LogP contribution in [0.15, 0.2) is 18.2 Å². The molecule has 0 fully saturated rings. The van der Waals surface area contributed by atoms with E-state index in [-0.39, 0.29) is 12.0 Å². The molecule has 1 aliphatic rings. The van der Waals surface area contributed by atoms with Crippen LogP contribution >= 0.6 is 0 Å². The Hall–Kier alpha value is -1.33. The fraction of sp³-hybridized carbons (Fsp3) is 0.562. The molecule has 2 atom stereocenters. The standard InChI is InChI=1S/C16H22N2/c1-3-12(11-17)16(18-2)15-9-8-13-6-4-5-7-14(13)10-15/h8-10,12,16,18H,3-7H2,1-2H3. The van der Waals surface area contributed by atoms with Gasteiger partial charge in [-0.3, -0.25) is 0 Å². The van der Waals surface area contributed by atoms with Crippen LogP contribution in [-0.2, 0) is 12.8 Å². The van der Waals surface area contributed by atoms with Crippen LogP contribution in [0, 0.1) is 17.2 Å². The van der Waals surface area contributed by atoms with Crippen molar-refractivity contribution in [2.75, 3.05) is 7.05 Å². The molecular weight excluding hydrogens is 220 g/mol. The lowest BCUT2D eigenvalue weighted by Crippen LogP contribution is -2.24. The van der Waals surface area contributed by atoms with E-state index in [0.29, 0.717) is 0 Å². The van der Waals surface area contributed by atoms with Crippen molar-refractivity contribution in [3.8, 4) is 6.07 Å². The van der Waals surface area contributed by atoms with Gasteiger partial charge in [-0.25, -0.2) is 0 Å². The number of nitriles is 1. The molecule has 1 N–H and O–H groups in total. The molecule has 1 aliphatic carbocycles. The molecule has 1 aromatic rings. The lowest BCUT2D eigenvalue weighted by molar-refractivity contribution is 0.448. The Morgan fingerprint density at radius 3 is 2.61 bits per heavy atom. The van der Waals surface area contributed by atoms with Crippen LogP contribution in [0.3, 0.4) is 0 Å². The van der Waals surface area contributed by atoms with Crippen molar-refractivity contribution in [1.82, 2.24) is 5.32 Å². The first-order chi connectivity index (χ1) is 8.80. The maximum Gasteiger partial charge on any atom is 0.0675 e. The summed E-state index contributed by atoms with van der Waals surface area (Å²) in [7, 11) is 1.95. The normalized spacial score (nSPS) is 17.6. The van der Waals surface area contributed by atoms with Crippen molar-refractivity contribution in [1.29, 1.82) is 5.26 Å². The van der Waals surface area contributed by atoms with Crippen molar-refractivity contribution in [3.63, 3.8) is 0 Å². The summed E-state index contributed by atoms with van der Waals surface area (Å²) in [6.45, 7) is 2.08. The Morgan fingerprint density at radius 2 is 2.00 bits per heavy atom. The Kier molecular flexibility index (Phi) is 4.38. The number of nitrogens with one attached hydrogen (secondary N) is 1. The second-order valence-electron chi connectivity index (χ2n) is 5.15. The predicted octanol–water partition coefficient (Wildman–Crippen LogP) is 3.38. The Labute approximate surface area is 110 Å². The number of benzene rings is 1. The van der Waals surface area contributed by atoms with Crippen molar-refractivity contribution in [2.24, 2.45) is 5.92 Å². The zero-order valence-corrected chi connectivity index (χ0v) is 11.4. The van der Waals surface area contributed by atoms with Gasteiger partial charge < -0.3 is 5.32 Å². The fourth-order valence-electron chi connectivity index (χ4n) is 2.95. The first-order valence-electron chi connectivity index (χ1n) is 6.98. The van der Waals surface area contributed by atoms with Gasteiger partial charge in [0.1, 0.15) is 0 Å². The van der Waals surface area contributed by atoms with Crippen LogP contribution in [0.4, 0.5) is 0 Å². The largest absolute Gasteiger partial charge is 0.312 e. The fourth-order valence-corrected chi connectivity index (χ4v) is 2.95. The highest BCUT2D eigenvalue weighted by molar-refractivity contribution is 5.35. The summed E-state index contributed by atoms with van der Waals surface area (Å²) in [6, 6.07) is 9.36. The molecule has 0 bridgehead atoms. The van der Waals surface area contributed by atoms with Gasteiger partial charge in [-0.1, -0.05) is 25.1 Å². The highest BCUT2D eigenvalue weighted by Crippen LogP contribution is 2.28. The number of hydrogen-bond donors (Lipinski definition) is 1. The van der Waals surface area contributed by atoms with E-state index in [1.54, 1.807) is 0 Å². The lowest BCUT2D eigenvalue weighted by Gasteiger charge is -2.23. The summed E-state index contributed by atoms with van der Waals surface area (Å²) in [5.41, 5.74) is 4.27. The van der Waals surface area contributed by atoms with E-state index >= 15 is 0 Å². The zero-order chi connectivity index (χ0) is 13.0. The van der Waals surface area contributed by atoms with Gasteiger partial charge in [-0.15, -0.1) is 0 Å². The maximum absolute atomic E-state index is 9.24. The van der Waals surface area contributed by atoms with Crippen LogP contribution in [0.2, 0.25) is 0 Å². The van der Waals surface area contributed by atoms with E-state index in [9.17, 15) is 5.26 Å². The molecule has 0 aliphatic heterocycles. The highest BCUT2D eigenvalue weighted by Gasteiger charge is 2.21. The highest BCUT2D eigenvalue weighted by atomic mass is 14.9. The summed E-state index contributed by atoms with van der Waals surface area (Å²) in [5, 5.41) is 12.5. The van der Waals surface area contributed by atoms with E-state index in [2.05, 4.69) is 36.5 Å². The van der Waals surface area contributed by atoms with E-state index in [0.717, 1.165) is 6.42 Å². The third kappa shape index (κ3) is 2.57. The quantitative estimate of drug-likeness (QED) is 0.878. The summed E-state index contributed by atoms with van der Waals surface area (Å²) >= 11 is 0. The minimum absolute atomic E-state index is 0.0524. The third-order valence-corrected chi connectivity index (χ3v) is 4.05. The average molecular weight is 242 g/mol. The topological polar surface area (TPSA) is 35.8 Å². The molecule has 2 rings (SSSR count). The molecule has 0 saturated carbocycles. The van der Waals surface area contributed by atoms with Crippen molar-refractivity contribution < 1.29 is 0 Å². The lowest BCUT2D eigenvalue weighted by atomic mass is 9.86. The third-order valence-electron chi connectivity index (χ3n) is 4.05. The monoisotopic (exact) mass is 242 g/mol. The van der Waals surface area contributed by atoms with Crippen LogP contribution in [0.1, 0.15) is 48.9 Å². The van der Waals surface area contributed by atoms with Crippen molar-refractivity contribution in [2.45, 2.75) is 45.1 Å². The molecule has 0 spiro atoms. The van der Waals surface area contributed by atoms with E-state index in [4.69, 9.17) is 0 Å². The number of aryl methyl sites for hydroxylation is 2. The van der Waals surface area contributed by atoms with Crippen LogP contribution in [-0.4, -0.2) is 7.05 Å². The molecule has 1 aromatic carbocycles. The molecule has 0 aromatic heterocycles. The molecule has 0 amide bonds. The van der Waals surface area contributed by atoms with Gasteiger partial charge in [0.25, 0.3) is 0 Å². The SMILES string of the molecule is CCC(C#N)C(NC)c1ccc2c(c1)CCCC2. The van der Waals surface area contributed by atoms with Crippen molar-refractivity contribution >= 4 is 0 Å². The smallest absolute Gasteiger partial charge is 0.0675 e. The van der Waals surface area contributed by atoms with Crippen molar-refractivity contribution in [3.05, 3.63) is 34.9 Å². The Morgan fingerprint density at radius 1 is 1.28 bits per heavy atom.